The fourth-order valence-electron chi connectivity index (χ4n) is 0.992. The van der Waals surface area contributed by atoms with Crippen LogP contribution in [-0.4, -0.2) is 39.3 Å². The number of carbonyl (C=O) groups excluding carboxylic acids is 1. The normalized spacial score (nSPS) is 29.8. The Kier molecular flexibility index (Phi) is 2.25. The van der Waals surface area contributed by atoms with Crippen molar-refractivity contribution in [2.45, 2.75) is 18.6 Å². The van der Waals surface area contributed by atoms with Crippen molar-refractivity contribution in [1.82, 2.24) is 0 Å². The van der Waals surface area contributed by atoms with Crippen LogP contribution >= 0.6 is 0 Å². The lowest BCUT2D eigenvalue weighted by atomic mass is 9.94. The molecular formula is C7H8O5. The lowest BCUT2D eigenvalue weighted by molar-refractivity contribution is -0.136. The molecule has 66 valence electrons. The Bertz CT molecular complexity index is 255. The Hall–Kier alpha value is -1.20. The number of ketones is 1. The van der Waals surface area contributed by atoms with Gasteiger partial charge in [-0.1, -0.05) is 0 Å². The third kappa shape index (κ3) is 1.51. The first kappa shape index (κ1) is 8.89. The summed E-state index contributed by atoms with van der Waals surface area (Å²) in [6, 6.07) is 0. The molecule has 3 N–H and O–H groups in total. The molecule has 5 heteroatoms. The maximum atomic E-state index is 10.8. The first-order chi connectivity index (χ1) is 5.52. The molecule has 2 atom stereocenters. The van der Waals surface area contributed by atoms with Gasteiger partial charge in [-0.3, -0.25) is 4.79 Å². The van der Waals surface area contributed by atoms with Crippen LogP contribution in [0.15, 0.2) is 11.6 Å². The lowest BCUT2D eigenvalue weighted by Crippen LogP contribution is -2.37. The van der Waals surface area contributed by atoms with Crippen molar-refractivity contribution in [2.75, 3.05) is 0 Å². The topological polar surface area (TPSA) is 94.8 Å². The van der Waals surface area contributed by atoms with Crippen molar-refractivity contribution >= 4 is 11.8 Å². The Morgan fingerprint density at radius 2 is 2.08 bits per heavy atom. The van der Waals surface area contributed by atoms with Crippen molar-refractivity contribution in [3.05, 3.63) is 11.6 Å². The van der Waals surface area contributed by atoms with Gasteiger partial charge < -0.3 is 15.3 Å². The number of hydrogen-bond acceptors (Lipinski definition) is 4. The molecule has 1 unspecified atom stereocenters. The van der Waals surface area contributed by atoms with E-state index in [2.05, 4.69) is 0 Å². The van der Waals surface area contributed by atoms with Crippen molar-refractivity contribution < 1.29 is 24.9 Å². The van der Waals surface area contributed by atoms with E-state index in [1.165, 1.54) is 0 Å². The van der Waals surface area contributed by atoms with Crippen LogP contribution in [0.25, 0.3) is 0 Å². The van der Waals surface area contributed by atoms with Crippen molar-refractivity contribution in [3.63, 3.8) is 0 Å². The summed E-state index contributed by atoms with van der Waals surface area (Å²) in [5.74, 6) is -2.00. The van der Waals surface area contributed by atoms with Gasteiger partial charge in [-0.2, -0.15) is 0 Å². The SMILES string of the molecule is O=C(O)C1=CC(=O)C(O)[C@H](O)C1. The second-order valence-electron chi connectivity index (χ2n) is 2.59. The Morgan fingerprint density at radius 1 is 1.50 bits per heavy atom. The molecule has 0 aromatic rings. The van der Waals surface area contributed by atoms with Crippen LogP contribution in [0.3, 0.4) is 0 Å². The molecule has 0 aromatic heterocycles. The van der Waals surface area contributed by atoms with Crippen LogP contribution in [0, 0.1) is 0 Å². The molecule has 0 bridgehead atoms. The molecule has 12 heavy (non-hydrogen) atoms. The molecule has 0 saturated carbocycles. The predicted octanol–water partition coefficient (Wildman–Crippen LogP) is -1.31. The molecule has 1 rings (SSSR count). The average Bonchev–Trinajstić information content (AvgIpc) is 1.99. The van der Waals surface area contributed by atoms with Crippen LogP contribution in [0.5, 0.6) is 0 Å². The molecule has 0 amide bonds. The summed E-state index contributed by atoms with van der Waals surface area (Å²) in [5.41, 5.74) is -0.169. The third-order valence-electron chi connectivity index (χ3n) is 1.68. The van der Waals surface area contributed by atoms with Crippen LogP contribution in [0.4, 0.5) is 0 Å². The van der Waals surface area contributed by atoms with E-state index in [0.717, 1.165) is 6.08 Å². The highest BCUT2D eigenvalue weighted by molar-refractivity contribution is 6.02. The molecule has 1 aliphatic carbocycles. The Morgan fingerprint density at radius 3 is 2.50 bits per heavy atom. The molecule has 1 aliphatic rings. The molecule has 0 saturated heterocycles. The fourth-order valence-corrected chi connectivity index (χ4v) is 0.992. The van der Waals surface area contributed by atoms with Gasteiger partial charge in [0.25, 0.3) is 0 Å². The van der Waals surface area contributed by atoms with Gasteiger partial charge in [0, 0.05) is 12.0 Å². The summed E-state index contributed by atoms with van der Waals surface area (Å²) in [5, 5.41) is 26.3. The minimum absolute atomic E-state index is 0.169. The summed E-state index contributed by atoms with van der Waals surface area (Å²) >= 11 is 0. The number of rotatable bonds is 1. The van der Waals surface area contributed by atoms with Crippen LogP contribution in [0.2, 0.25) is 0 Å². The monoisotopic (exact) mass is 172 g/mol. The molecular weight excluding hydrogens is 164 g/mol. The largest absolute Gasteiger partial charge is 0.478 e. The van der Waals surface area contributed by atoms with Gasteiger partial charge >= 0.3 is 5.97 Å². The number of aliphatic carboxylic acids is 1. The summed E-state index contributed by atoms with van der Waals surface area (Å²) in [6.07, 6.45) is -2.12. The average molecular weight is 172 g/mol. The first-order valence-corrected chi connectivity index (χ1v) is 3.36. The molecule has 0 fully saturated rings. The second kappa shape index (κ2) is 3.04. The van der Waals surface area contributed by atoms with Gasteiger partial charge in [-0.25, -0.2) is 4.79 Å². The zero-order valence-corrected chi connectivity index (χ0v) is 6.10. The zero-order chi connectivity index (χ0) is 9.30. The van der Waals surface area contributed by atoms with Gasteiger partial charge in [-0.05, 0) is 6.08 Å². The van der Waals surface area contributed by atoms with E-state index in [-0.39, 0.29) is 12.0 Å². The van der Waals surface area contributed by atoms with E-state index >= 15 is 0 Å². The number of hydrogen-bond donors (Lipinski definition) is 3. The summed E-state index contributed by atoms with van der Waals surface area (Å²) in [7, 11) is 0. The highest BCUT2D eigenvalue weighted by Crippen LogP contribution is 2.16. The summed E-state index contributed by atoms with van der Waals surface area (Å²) in [4.78, 5) is 21.1. The molecule has 0 radical (unpaired) electrons. The maximum Gasteiger partial charge on any atom is 0.331 e. The van der Waals surface area contributed by atoms with E-state index < -0.39 is 24.0 Å². The second-order valence-corrected chi connectivity index (χ2v) is 2.59. The molecule has 0 aliphatic heterocycles. The van der Waals surface area contributed by atoms with Crippen LogP contribution in [0.1, 0.15) is 6.42 Å². The van der Waals surface area contributed by atoms with Gasteiger partial charge in [0.05, 0.1) is 6.10 Å². The summed E-state index contributed by atoms with van der Waals surface area (Å²) in [6.45, 7) is 0. The minimum Gasteiger partial charge on any atom is -0.478 e. The first-order valence-electron chi connectivity index (χ1n) is 3.36. The maximum absolute atomic E-state index is 10.8. The van der Waals surface area contributed by atoms with Gasteiger partial charge in [0.1, 0.15) is 6.10 Å². The summed E-state index contributed by atoms with van der Waals surface area (Å²) < 4.78 is 0. The number of carboxylic acids is 1. The van der Waals surface area contributed by atoms with Crippen LogP contribution in [-0.2, 0) is 9.59 Å². The molecule has 0 heterocycles. The Balaban J connectivity index is 2.89. The van der Waals surface area contributed by atoms with E-state index in [1.54, 1.807) is 0 Å². The number of carboxylic acid groups (broad SMARTS) is 1. The van der Waals surface area contributed by atoms with Gasteiger partial charge in [-0.15, -0.1) is 0 Å². The third-order valence-corrected chi connectivity index (χ3v) is 1.68. The van der Waals surface area contributed by atoms with Crippen molar-refractivity contribution in [1.29, 1.82) is 0 Å². The van der Waals surface area contributed by atoms with E-state index in [9.17, 15) is 9.59 Å². The zero-order valence-electron chi connectivity index (χ0n) is 6.10. The number of carbonyl (C=O) groups is 2. The molecule has 5 nitrogen and oxygen atoms in total. The van der Waals surface area contributed by atoms with Crippen molar-refractivity contribution in [3.8, 4) is 0 Å². The van der Waals surface area contributed by atoms with Crippen molar-refractivity contribution in [2.24, 2.45) is 0 Å². The van der Waals surface area contributed by atoms with E-state index in [1.807, 2.05) is 0 Å². The highest BCUT2D eigenvalue weighted by atomic mass is 16.4. The van der Waals surface area contributed by atoms with Gasteiger partial charge in [0.15, 0.2) is 5.78 Å². The number of aliphatic hydroxyl groups is 2. The Labute approximate surface area is 67.9 Å². The van der Waals surface area contributed by atoms with Crippen LogP contribution < -0.4 is 0 Å². The standard InChI is InChI=1S/C7H8O5/c8-4-1-3(7(11)12)2-5(9)6(4)10/h1,5-6,9-10H,2H2,(H,11,12)/t5-,6?/m1/s1. The number of aliphatic hydroxyl groups excluding tert-OH is 2. The molecule has 0 spiro atoms. The lowest BCUT2D eigenvalue weighted by Gasteiger charge is -2.19. The molecule has 0 aromatic carbocycles. The highest BCUT2D eigenvalue weighted by Gasteiger charge is 2.30. The van der Waals surface area contributed by atoms with E-state index in [0.29, 0.717) is 0 Å². The smallest absolute Gasteiger partial charge is 0.331 e. The predicted molar refractivity (Wildman–Crippen MR) is 37.4 cm³/mol. The van der Waals surface area contributed by atoms with Gasteiger partial charge in [0.2, 0.25) is 0 Å². The minimum atomic E-state index is -1.48. The van der Waals surface area contributed by atoms with E-state index in [4.69, 9.17) is 15.3 Å². The quantitative estimate of drug-likeness (QED) is 0.456. The fraction of sp³-hybridized carbons (Fsp3) is 0.429.